The molecule has 1 aliphatic heterocycles. The summed E-state index contributed by atoms with van der Waals surface area (Å²) in [6.07, 6.45) is 0. The highest BCUT2D eigenvalue weighted by atomic mass is 16.5. The second kappa shape index (κ2) is 4.40. The number of hydroxylamine groups is 2. The van der Waals surface area contributed by atoms with Crippen molar-refractivity contribution in [2.75, 3.05) is 11.6 Å². The van der Waals surface area contributed by atoms with E-state index < -0.39 is 0 Å². The number of benzene rings is 2. The van der Waals surface area contributed by atoms with Gasteiger partial charge in [0.1, 0.15) is 6.67 Å². The summed E-state index contributed by atoms with van der Waals surface area (Å²) in [6, 6.07) is 15.2. The Hall–Kier alpha value is -2.33. The summed E-state index contributed by atoms with van der Waals surface area (Å²) in [5.41, 5.74) is 3.42. The zero-order valence-corrected chi connectivity index (χ0v) is 10.6. The van der Waals surface area contributed by atoms with Gasteiger partial charge in [-0.25, -0.2) is 0 Å². The quantitative estimate of drug-likeness (QED) is 0.796. The fourth-order valence-corrected chi connectivity index (χ4v) is 2.38. The monoisotopic (exact) mass is 254 g/mol. The van der Waals surface area contributed by atoms with Crippen molar-refractivity contribution in [2.45, 2.75) is 6.92 Å². The van der Waals surface area contributed by atoms with Gasteiger partial charge in [0, 0.05) is 5.69 Å². The van der Waals surface area contributed by atoms with E-state index in [-0.39, 0.29) is 12.6 Å². The minimum absolute atomic E-state index is 0.140. The van der Waals surface area contributed by atoms with E-state index in [9.17, 15) is 10.0 Å². The van der Waals surface area contributed by atoms with Gasteiger partial charge >= 0.3 is 0 Å². The number of nitrogens with zero attached hydrogens (tertiary/aromatic N) is 2. The molecule has 2 aromatic rings. The van der Waals surface area contributed by atoms with Crippen LogP contribution in [-0.4, -0.2) is 22.8 Å². The first-order valence-corrected chi connectivity index (χ1v) is 6.11. The Balaban J connectivity index is 2.16. The number of carbonyl (C=O) groups excluding carboxylic acids is 1. The molecule has 2 aromatic carbocycles. The maximum absolute atomic E-state index is 11.9. The summed E-state index contributed by atoms with van der Waals surface area (Å²) in [5.74, 6) is -0.361. The van der Waals surface area contributed by atoms with Gasteiger partial charge in [0.2, 0.25) is 0 Å². The van der Waals surface area contributed by atoms with Crippen LogP contribution in [-0.2, 0) is 0 Å². The smallest absolute Gasteiger partial charge is 0.281 e. The van der Waals surface area contributed by atoms with Crippen molar-refractivity contribution in [1.82, 2.24) is 5.06 Å². The second-order valence-electron chi connectivity index (χ2n) is 4.58. The molecule has 3 rings (SSSR count). The number of fused-ring (bicyclic) bond motifs is 1. The first-order chi connectivity index (χ1) is 9.18. The number of anilines is 2. The Morgan fingerprint density at radius 2 is 1.63 bits per heavy atom. The Morgan fingerprint density at radius 1 is 1.00 bits per heavy atom. The van der Waals surface area contributed by atoms with E-state index in [1.54, 1.807) is 12.1 Å². The Bertz CT molecular complexity index is 640. The van der Waals surface area contributed by atoms with Crippen molar-refractivity contribution in [3.8, 4) is 0 Å². The lowest BCUT2D eigenvalue weighted by Crippen LogP contribution is -2.42. The topological polar surface area (TPSA) is 43.8 Å². The molecule has 4 heteroatoms. The standard InChI is InChI=1S/C15H14N2O2/c1-11-6-2-4-8-13(11)16-10-17(19)15(18)12-7-3-5-9-14(12)16/h2-9,19H,10H2,1H3. The normalized spacial score (nSPS) is 14.5. The van der Waals surface area contributed by atoms with E-state index in [4.69, 9.17) is 0 Å². The van der Waals surface area contributed by atoms with Gasteiger partial charge < -0.3 is 4.90 Å². The summed E-state index contributed by atoms with van der Waals surface area (Å²) in [6.45, 7) is 2.15. The van der Waals surface area contributed by atoms with E-state index in [0.717, 1.165) is 22.0 Å². The van der Waals surface area contributed by atoms with Crippen LogP contribution in [0.5, 0.6) is 0 Å². The number of hydrogen-bond donors (Lipinski definition) is 1. The maximum Gasteiger partial charge on any atom is 0.281 e. The molecule has 0 saturated heterocycles. The van der Waals surface area contributed by atoms with Crippen LogP contribution in [0.4, 0.5) is 11.4 Å². The molecule has 0 saturated carbocycles. The predicted molar refractivity (Wildman–Crippen MR) is 72.6 cm³/mol. The minimum Gasteiger partial charge on any atom is -0.320 e. The van der Waals surface area contributed by atoms with Crippen LogP contribution in [0.1, 0.15) is 15.9 Å². The molecule has 0 radical (unpaired) electrons. The summed E-state index contributed by atoms with van der Waals surface area (Å²) < 4.78 is 0. The number of hydrogen-bond acceptors (Lipinski definition) is 3. The van der Waals surface area contributed by atoms with E-state index in [0.29, 0.717) is 5.56 Å². The second-order valence-corrected chi connectivity index (χ2v) is 4.58. The van der Waals surface area contributed by atoms with Crippen molar-refractivity contribution in [1.29, 1.82) is 0 Å². The third-order valence-corrected chi connectivity index (χ3v) is 3.34. The van der Waals surface area contributed by atoms with Crippen LogP contribution in [0.25, 0.3) is 0 Å². The molecule has 1 aliphatic rings. The van der Waals surface area contributed by atoms with Crippen molar-refractivity contribution in [3.63, 3.8) is 0 Å². The molecular weight excluding hydrogens is 240 g/mol. The SMILES string of the molecule is Cc1ccccc1N1CN(O)C(=O)c2ccccc21. The zero-order valence-electron chi connectivity index (χ0n) is 10.6. The lowest BCUT2D eigenvalue weighted by atomic mass is 10.1. The van der Waals surface area contributed by atoms with E-state index in [1.165, 1.54) is 0 Å². The molecule has 4 nitrogen and oxygen atoms in total. The lowest BCUT2D eigenvalue weighted by Gasteiger charge is -2.35. The number of para-hydroxylation sites is 2. The summed E-state index contributed by atoms with van der Waals surface area (Å²) in [7, 11) is 0. The van der Waals surface area contributed by atoms with Crippen LogP contribution in [0.15, 0.2) is 48.5 Å². The molecule has 0 spiro atoms. The largest absolute Gasteiger partial charge is 0.320 e. The third-order valence-electron chi connectivity index (χ3n) is 3.34. The molecule has 1 amide bonds. The molecule has 0 aliphatic carbocycles. The number of carbonyl (C=O) groups is 1. The van der Waals surface area contributed by atoms with Gasteiger partial charge in [-0.05, 0) is 30.7 Å². The minimum atomic E-state index is -0.361. The van der Waals surface area contributed by atoms with Crippen molar-refractivity contribution >= 4 is 17.3 Å². The van der Waals surface area contributed by atoms with Crippen molar-refractivity contribution in [2.24, 2.45) is 0 Å². The molecule has 0 atom stereocenters. The fourth-order valence-electron chi connectivity index (χ4n) is 2.38. The molecule has 19 heavy (non-hydrogen) atoms. The molecule has 1 N–H and O–H groups in total. The van der Waals surface area contributed by atoms with Gasteiger partial charge in [-0.2, -0.15) is 5.06 Å². The molecule has 1 heterocycles. The highest BCUT2D eigenvalue weighted by molar-refractivity contribution is 6.02. The van der Waals surface area contributed by atoms with E-state index in [2.05, 4.69) is 0 Å². The average molecular weight is 254 g/mol. The van der Waals surface area contributed by atoms with Crippen LogP contribution in [0, 0.1) is 6.92 Å². The van der Waals surface area contributed by atoms with Gasteiger partial charge in [-0.15, -0.1) is 0 Å². The fraction of sp³-hybridized carbons (Fsp3) is 0.133. The van der Waals surface area contributed by atoms with Crippen molar-refractivity contribution in [3.05, 3.63) is 59.7 Å². The van der Waals surface area contributed by atoms with Gasteiger partial charge in [-0.3, -0.25) is 10.0 Å². The predicted octanol–water partition coefficient (Wildman–Crippen LogP) is 2.94. The third kappa shape index (κ3) is 1.86. The van der Waals surface area contributed by atoms with Crippen LogP contribution in [0.3, 0.4) is 0 Å². The zero-order chi connectivity index (χ0) is 13.4. The molecule has 0 aromatic heterocycles. The Kier molecular flexibility index (Phi) is 2.72. The van der Waals surface area contributed by atoms with Gasteiger partial charge in [0.25, 0.3) is 5.91 Å². The highest BCUT2D eigenvalue weighted by Gasteiger charge is 2.29. The van der Waals surface area contributed by atoms with Crippen LogP contribution in [0.2, 0.25) is 0 Å². The van der Waals surface area contributed by atoms with Crippen molar-refractivity contribution < 1.29 is 10.0 Å². The summed E-state index contributed by atoms with van der Waals surface area (Å²) >= 11 is 0. The van der Waals surface area contributed by atoms with Gasteiger partial charge in [0.05, 0.1) is 11.3 Å². The average Bonchev–Trinajstić information content (AvgIpc) is 2.44. The Labute approximate surface area is 111 Å². The number of rotatable bonds is 1. The highest BCUT2D eigenvalue weighted by Crippen LogP contribution is 2.34. The maximum atomic E-state index is 11.9. The molecule has 0 unspecified atom stereocenters. The Morgan fingerprint density at radius 3 is 2.37 bits per heavy atom. The van der Waals surface area contributed by atoms with Gasteiger partial charge in [-0.1, -0.05) is 30.3 Å². The molecular formula is C15H14N2O2. The van der Waals surface area contributed by atoms with E-state index >= 15 is 0 Å². The first-order valence-electron chi connectivity index (χ1n) is 6.11. The lowest BCUT2D eigenvalue weighted by molar-refractivity contribution is -0.0583. The summed E-state index contributed by atoms with van der Waals surface area (Å²) in [4.78, 5) is 13.9. The molecule has 0 fully saturated rings. The summed E-state index contributed by atoms with van der Waals surface area (Å²) in [5, 5.41) is 10.5. The number of amides is 1. The van der Waals surface area contributed by atoms with Gasteiger partial charge in [0.15, 0.2) is 0 Å². The molecule has 0 bridgehead atoms. The molecule has 96 valence electrons. The van der Waals surface area contributed by atoms with E-state index in [1.807, 2.05) is 48.2 Å². The first kappa shape index (κ1) is 11.7. The van der Waals surface area contributed by atoms with Crippen LogP contribution < -0.4 is 4.90 Å². The van der Waals surface area contributed by atoms with Crippen LogP contribution >= 0.6 is 0 Å². The number of aryl methyl sites for hydroxylation is 1.